The van der Waals surface area contributed by atoms with Crippen LogP contribution in [0.4, 0.5) is 10.5 Å². The van der Waals surface area contributed by atoms with E-state index in [2.05, 4.69) is 17.2 Å². The smallest absolute Gasteiger partial charge is 0.407 e. The first-order chi connectivity index (χ1) is 10.7. The van der Waals surface area contributed by atoms with Gasteiger partial charge in [0, 0.05) is 24.6 Å². The first-order valence-electron chi connectivity index (χ1n) is 7.00. The third-order valence-electron chi connectivity index (χ3n) is 2.49. The number of rotatable bonds is 4. The van der Waals surface area contributed by atoms with Gasteiger partial charge in [-0.15, -0.1) is 0 Å². The molecule has 0 saturated heterocycles. The number of nitro groups is 1. The topological polar surface area (TPSA) is 90.7 Å². The minimum atomic E-state index is -0.546. The third-order valence-corrected chi connectivity index (χ3v) is 2.49. The summed E-state index contributed by atoms with van der Waals surface area (Å²) in [7, 11) is 1.43. The first kappa shape index (κ1) is 18.3. The van der Waals surface area contributed by atoms with E-state index in [1.54, 1.807) is 26.8 Å². The lowest BCUT2D eigenvalue weighted by Crippen LogP contribution is -2.32. The number of carbonyl (C=O) groups excluding carboxylic acids is 1. The Kier molecular flexibility index (Phi) is 6.39. The summed E-state index contributed by atoms with van der Waals surface area (Å²) < 4.78 is 10.1. The molecule has 0 heterocycles. The summed E-state index contributed by atoms with van der Waals surface area (Å²) in [4.78, 5) is 21.7. The molecular formula is C16H20N2O5. The monoisotopic (exact) mass is 320 g/mol. The molecule has 23 heavy (non-hydrogen) atoms. The Morgan fingerprint density at radius 3 is 2.61 bits per heavy atom. The van der Waals surface area contributed by atoms with Crippen molar-refractivity contribution in [2.45, 2.75) is 32.8 Å². The van der Waals surface area contributed by atoms with Crippen molar-refractivity contribution in [2.24, 2.45) is 0 Å². The second-order valence-corrected chi connectivity index (χ2v) is 5.66. The Labute approximate surface area is 135 Å². The van der Waals surface area contributed by atoms with Gasteiger partial charge in [0.05, 0.1) is 18.1 Å². The maximum Gasteiger partial charge on any atom is 0.407 e. The molecule has 7 heteroatoms. The fourth-order valence-corrected chi connectivity index (χ4v) is 1.58. The second-order valence-electron chi connectivity index (χ2n) is 5.66. The van der Waals surface area contributed by atoms with Crippen molar-refractivity contribution in [2.75, 3.05) is 13.7 Å². The molecule has 0 atom stereocenters. The summed E-state index contributed by atoms with van der Waals surface area (Å²) in [5.74, 6) is 6.02. The number of amides is 1. The maximum atomic E-state index is 11.4. The molecule has 0 aromatic heterocycles. The van der Waals surface area contributed by atoms with Gasteiger partial charge in [0.2, 0.25) is 0 Å². The molecule has 0 aliphatic rings. The van der Waals surface area contributed by atoms with Crippen LogP contribution in [-0.4, -0.2) is 30.3 Å². The highest BCUT2D eigenvalue weighted by molar-refractivity contribution is 5.67. The van der Waals surface area contributed by atoms with E-state index in [9.17, 15) is 14.9 Å². The van der Waals surface area contributed by atoms with Gasteiger partial charge in [-0.1, -0.05) is 11.8 Å². The molecule has 0 fully saturated rings. The van der Waals surface area contributed by atoms with E-state index in [0.29, 0.717) is 24.3 Å². The summed E-state index contributed by atoms with van der Waals surface area (Å²) in [6.07, 6.45) is -0.110. The molecule has 1 rings (SSSR count). The van der Waals surface area contributed by atoms with Crippen LogP contribution >= 0.6 is 0 Å². The van der Waals surface area contributed by atoms with Crippen LogP contribution in [0.1, 0.15) is 32.8 Å². The lowest BCUT2D eigenvalue weighted by molar-refractivity contribution is -0.384. The number of nitro benzene ring substituents is 1. The summed E-state index contributed by atoms with van der Waals surface area (Å²) in [6.45, 7) is 5.67. The van der Waals surface area contributed by atoms with Crippen LogP contribution in [0.3, 0.4) is 0 Å². The highest BCUT2D eigenvalue weighted by atomic mass is 16.6. The van der Waals surface area contributed by atoms with E-state index in [1.165, 1.54) is 19.2 Å². The number of nitrogens with zero attached hydrogens (tertiary/aromatic N) is 1. The number of alkyl carbamates (subject to hydrolysis) is 1. The summed E-state index contributed by atoms with van der Waals surface area (Å²) in [5.41, 5.74) is -0.149. The number of benzene rings is 1. The van der Waals surface area contributed by atoms with Gasteiger partial charge in [-0.3, -0.25) is 10.1 Å². The zero-order valence-electron chi connectivity index (χ0n) is 13.6. The molecule has 0 radical (unpaired) electrons. The van der Waals surface area contributed by atoms with Crippen molar-refractivity contribution in [3.05, 3.63) is 33.9 Å². The minimum Gasteiger partial charge on any atom is -0.496 e. The summed E-state index contributed by atoms with van der Waals surface area (Å²) >= 11 is 0. The van der Waals surface area contributed by atoms with Crippen LogP contribution in [0.15, 0.2) is 18.2 Å². The quantitative estimate of drug-likeness (QED) is 0.399. The van der Waals surface area contributed by atoms with E-state index in [4.69, 9.17) is 9.47 Å². The lowest BCUT2D eigenvalue weighted by Gasteiger charge is -2.19. The van der Waals surface area contributed by atoms with Crippen molar-refractivity contribution in [3.63, 3.8) is 0 Å². The third kappa shape index (κ3) is 7.18. The normalized spacial score (nSPS) is 10.3. The number of carbonyl (C=O) groups is 1. The Morgan fingerprint density at radius 1 is 1.35 bits per heavy atom. The second kappa shape index (κ2) is 8.03. The van der Waals surface area contributed by atoms with Crippen LogP contribution < -0.4 is 10.1 Å². The van der Waals surface area contributed by atoms with Gasteiger partial charge < -0.3 is 14.8 Å². The minimum absolute atomic E-state index is 0.0828. The van der Waals surface area contributed by atoms with Crippen LogP contribution in [0.25, 0.3) is 0 Å². The largest absolute Gasteiger partial charge is 0.496 e. The SMILES string of the molecule is COc1cc(C#CCCNC(=O)OC(C)(C)C)cc([N+](=O)[O-])c1. The fourth-order valence-electron chi connectivity index (χ4n) is 1.58. The number of hydrogen-bond donors (Lipinski definition) is 1. The van der Waals surface area contributed by atoms with Gasteiger partial charge in [0.1, 0.15) is 11.4 Å². The van der Waals surface area contributed by atoms with E-state index in [-0.39, 0.29) is 5.69 Å². The zero-order chi connectivity index (χ0) is 17.5. The molecular weight excluding hydrogens is 300 g/mol. The molecule has 124 valence electrons. The van der Waals surface area contributed by atoms with E-state index in [0.717, 1.165) is 0 Å². The lowest BCUT2D eigenvalue weighted by atomic mass is 10.2. The molecule has 0 aliphatic carbocycles. The molecule has 0 aliphatic heterocycles. The number of non-ortho nitro benzene ring substituents is 1. The van der Waals surface area contributed by atoms with Crippen LogP contribution in [0, 0.1) is 22.0 Å². The molecule has 1 amide bonds. The molecule has 7 nitrogen and oxygen atoms in total. The first-order valence-corrected chi connectivity index (χ1v) is 7.00. The van der Waals surface area contributed by atoms with Crippen molar-refractivity contribution >= 4 is 11.8 Å². The molecule has 1 N–H and O–H groups in total. The number of nitrogens with one attached hydrogen (secondary N) is 1. The Morgan fingerprint density at radius 2 is 2.04 bits per heavy atom. The number of hydrogen-bond acceptors (Lipinski definition) is 5. The van der Waals surface area contributed by atoms with Gasteiger partial charge in [-0.2, -0.15) is 0 Å². The predicted molar refractivity (Wildman–Crippen MR) is 85.4 cm³/mol. The van der Waals surface area contributed by atoms with Crippen LogP contribution in [0.2, 0.25) is 0 Å². The predicted octanol–water partition coefficient (Wildman–Crippen LogP) is 2.87. The molecule has 1 aromatic rings. The van der Waals surface area contributed by atoms with Gasteiger partial charge >= 0.3 is 6.09 Å². The highest BCUT2D eigenvalue weighted by Gasteiger charge is 2.15. The molecule has 0 unspecified atom stereocenters. The molecule has 0 bridgehead atoms. The van der Waals surface area contributed by atoms with E-state index in [1.807, 2.05) is 0 Å². The Bertz CT molecular complexity index is 638. The van der Waals surface area contributed by atoms with E-state index < -0.39 is 16.6 Å². The highest BCUT2D eigenvalue weighted by Crippen LogP contribution is 2.21. The van der Waals surface area contributed by atoms with Crippen LogP contribution in [-0.2, 0) is 4.74 Å². The molecule has 0 spiro atoms. The van der Waals surface area contributed by atoms with Gasteiger partial charge in [0.25, 0.3) is 5.69 Å². The average molecular weight is 320 g/mol. The Hall–Kier alpha value is -2.75. The van der Waals surface area contributed by atoms with Crippen molar-refractivity contribution < 1.29 is 19.2 Å². The maximum absolute atomic E-state index is 11.4. The molecule has 0 saturated carbocycles. The van der Waals surface area contributed by atoms with E-state index >= 15 is 0 Å². The summed E-state index contributed by atoms with van der Waals surface area (Å²) in [6, 6.07) is 4.31. The Balaban J connectivity index is 2.58. The summed E-state index contributed by atoms with van der Waals surface area (Å²) in [5, 5.41) is 13.4. The van der Waals surface area contributed by atoms with Crippen molar-refractivity contribution in [3.8, 4) is 17.6 Å². The van der Waals surface area contributed by atoms with Crippen molar-refractivity contribution in [1.29, 1.82) is 0 Å². The van der Waals surface area contributed by atoms with Crippen LogP contribution in [0.5, 0.6) is 5.75 Å². The fraction of sp³-hybridized carbons (Fsp3) is 0.438. The number of methoxy groups -OCH3 is 1. The van der Waals surface area contributed by atoms with Crippen molar-refractivity contribution in [1.82, 2.24) is 5.32 Å². The van der Waals surface area contributed by atoms with Gasteiger partial charge in [0.15, 0.2) is 0 Å². The van der Waals surface area contributed by atoms with Gasteiger partial charge in [-0.25, -0.2) is 4.79 Å². The number of ether oxygens (including phenoxy) is 2. The zero-order valence-corrected chi connectivity index (χ0v) is 13.6. The average Bonchev–Trinajstić information content (AvgIpc) is 2.44. The molecule has 1 aromatic carbocycles. The van der Waals surface area contributed by atoms with Gasteiger partial charge in [-0.05, 0) is 26.8 Å². The standard InChI is InChI=1S/C16H20N2O5/c1-16(2,3)23-15(19)17-8-6-5-7-12-9-13(18(20)21)11-14(10-12)22-4/h9-11H,6,8H2,1-4H3,(H,17,19).